The zero-order valence-electron chi connectivity index (χ0n) is 19.3. The quantitative estimate of drug-likeness (QED) is 0.629. The number of carbonyl (C=O) groups excluding carboxylic acids is 2. The molecule has 0 aliphatic carbocycles. The van der Waals surface area contributed by atoms with Gasteiger partial charge in [-0.1, -0.05) is 54.6 Å². The van der Waals surface area contributed by atoms with E-state index in [1.165, 1.54) is 11.1 Å². The minimum absolute atomic E-state index is 0.0716. The SMILES string of the molecule is CC(C(=O)N1CCC(Cc2ccc(CCC(=O)N3CCCC3)cc2)CC1)c1ccccc1. The van der Waals surface area contributed by atoms with Gasteiger partial charge < -0.3 is 9.80 Å². The number of carbonyl (C=O) groups is 2. The van der Waals surface area contributed by atoms with Crippen molar-refractivity contribution < 1.29 is 9.59 Å². The maximum atomic E-state index is 12.9. The summed E-state index contributed by atoms with van der Waals surface area (Å²) < 4.78 is 0. The summed E-state index contributed by atoms with van der Waals surface area (Å²) in [4.78, 5) is 29.2. The molecule has 2 aliphatic heterocycles. The van der Waals surface area contributed by atoms with E-state index in [9.17, 15) is 9.59 Å². The molecule has 0 N–H and O–H groups in total. The third kappa shape index (κ3) is 5.79. The molecule has 0 saturated carbocycles. The standard InChI is InChI=1S/C28H36N2O2/c1-22(26-7-3-2-4-8-26)28(32)30-19-15-25(16-20-30)21-24-11-9-23(10-12-24)13-14-27(31)29-17-5-6-18-29/h2-4,7-12,22,25H,5-6,13-21H2,1H3. The third-order valence-corrected chi connectivity index (χ3v) is 7.23. The van der Waals surface area contributed by atoms with Crippen LogP contribution in [-0.2, 0) is 22.4 Å². The van der Waals surface area contributed by atoms with Crippen LogP contribution < -0.4 is 0 Å². The molecule has 2 aromatic carbocycles. The summed E-state index contributed by atoms with van der Waals surface area (Å²) in [7, 11) is 0. The van der Waals surface area contributed by atoms with Crippen LogP contribution in [0.2, 0.25) is 0 Å². The highest BCUT2D eigenvalue weighted by atomic mass is 16.2. The average Bonchev–Trinajstić information content (AvgIpc) is 3.39. The van der Waals surface area contributed by atoms with Gasteiger partial charge in [-0.05, 0) is 68.1 Å². The fraction of sp³-hybridized carbons (Fsp3) is 0.500. The molecule has 2 aromatic rings. The lowest BCUT2D eigenvalue weighted by Gasteiger charge is -2.34. The Kier molecular flexibility index (Phi) is 7.62. The summed E-state index contributed by atoms with van der Waals surface area (Å²) in [6, 6.07) is 18.9. The highest BCUT2D eigenvalue weighted by molar-refractivity contribution is 5.83. The fourth-order valence-corrected chi connectivity index (χ4v) is 5.07. The molecule has 170 valence electrons. The number of nitrogens with zero attached hydrogens (tertiary/aromatic N) is 2. The Bertz CT molecular complexity index is 879. The summed E-state index contributed by atoms with van der Waals surface area (Å²) in [5, 5.41) is 0. The third-order valence-electron chi connectivity index (χ3n) is 7.23. The smallest absolute Gasteiger partial charge is 0.229 e. The first-order valence-corrected chi connectivity index (χ1v) is 12.3. The highest BCUT2D eigenvalue weighted by Crippen LogP contribution is 2.25. The molecule has 2 amide bonds. The monoisotopic (exact) mass is 432 g/mol. The van der Waals surface area contributed by atoms with E-state index in [-0.39, 0.29) is 11.8 Å². The number of aryl methyl sites for hydroxylation is 1. The Labute approximate surface area is 192 Å². The van der Waals surface area contributed by atoms with Gasteiger partial charge in [-0.2, -0.15) is 0 Å². The second-order valence-corrected chi connectivity index (χ2v) is 9.51. The molecular formula is C28H36N2O2. The number of likely N-dealkylation sites (tertiary alicyclic amines) is 2. The molecule has 2 saturated heterocycles. The molecule has 2 heterocycles. The Morgan fingerprint density at radius 1 is 0.844 bits per heavy atom. The first-order valence-electron chi connectivity index (χ1n) is 12.3. The van der Waals surface area contributed by atoms with Gasteiger partial charge in [0, 0.05) is 32.6 Å². The van der Waals surface area contributed by atoms with Gasteiger partial charge in [-0.25, -0.2) is 0 Å². The molecule has 1 atom stereocenters. The number of hydrogen-bond donors (Lipinski definition) is 0. The van der Waals surface area contributed by atoms with Crippen molar-refractivity contribution >= 4 is 11.8 Å². The number of benzene rings is 2. The van der Waals surface area contributed by atoms with E-state index in [2.05, 4.69) is 29.2 Å². The van der Waals surface area contributed by atoms with Gasteiger partial charge in [0.25, 0.3) is 0 Å². The van der Waals surface area contributed by atoms with Gasteiger partial charge in [0.15, 0.2) is 0 Å². The molecule has 4 nitrogen and oxygen atoms in total. The van der Waals surface area contributed by atoms with Crippen molar-refractivity contribution in [3.63, 3.8) is 0 Å². The predicted molar refractivity (Wildman–Crippen MR) is 128 cm³/mol. The van der Waals surface area contributed by atoms with E-state index in [4.69, 9.17) is 0 Å². The van der Waals surface area contributed by atoms with E-state index in [0.29, 0.717) is 18.2 Å². The van der Waals surface area contributed by atoms with Crippen LogP contribution in [0.25, 0.3) is 0 Å². The van der Waals surface area contributed by atoms with E-state index < -0.39 is 0 Å². The van der Waals surface area contributed by atoms with Gasteiger partial charge in [-0.3, -0.25) is 9.59 Å². The van der Waals surface area contributed by atoms with Gasteiger partial charge in [0.1, 0.15) is 0 Å². The Hall–Kier alpha value is -2.62. The van der Waals surface area contributed by atoms with Crippen LogP contribution in [0.4, 0.5) is 0 Å². The van der Waals surface area contributed by atoms with Crippen LogP contribution in [0.5, 0.6) is 0 Å². The molecule has 32 heavy (non-hydrogen) atoms. The topological polar surface area (TPSA) is 40.6 Å². The Morgan fingerprint density at radius 3 is 2.12 bits per heavy atom. The molecule has 1 unspecified atom stereocenters. The van der Waals surface area contributed by atoms with Crippen LogP contribution in [0.3, 0.4) is 0 Å². The maximum absolute atomic E-state index is 12.9. The van der Waals surface area contributed by atoms with E-state index in [1.807, 2.05) is 42.2 Å². The van der Waals surface area contributed by atoms with Crippen molar-refractivity contribution in [3.8, 4) is 0 Å². The number of rotatable bonds is 7. The summed E-state index contributed by atoms with van der Waals surface area (Å²) in [6.45, 7) is 5.61. The van der Waals surface area contributed by atoms with Crippen LogP contribution in [0, 0.1) is 5.92 Å². The summed E-state index contributed by atoms with van der Waals surface area (Å²) >= 11 is 0. The zero-order chi connectivity index (χ0) is 22.3. The van der Waals surface area contributed by atoms with Crippen molar-refractivity contribution in [1.29, 1.82) is 0 Å². The van der Waals surface area contributed by atoms with Crippen molar-refractivity contribution in [1.82, 2.24) is 9.80 Å². The molecule has 4 heteroatoms. The van der Waals surface area contributed by atoms with E-state index in [1.54, 1.807) is 0 Å². The van der Waals surface area contributed by atoms with Crippen LogP contribution in [0.15, 0.2) is 54.6 Å². The Morgan fingerprint density at radius 2 is 1.47 bits per heavy atom. The number of piperidine rings is 1. The molecular weight excluding hydrogens is 396 g/mol. The lowest BCUT2D eigenvalue weighted by molar-refractivity contribution is -0.134. The van der Waals surface area contributed by atoms with Gasteiger partial charge >= 0.3 is 0 Å². The summed E-state index contributed by atoms with van der Waals surface area (Å²) in [5.74, 6) is 1.11. The van der Waals surface area contributed by atoms with Crippen molar-refractivity contribution in [2.24, 2.45) is 5.92 Å². The minimum Gasteiger partial charge on any atom is -0.343 e. The Balaban J connectivity index is 1.21. The van der Waals surface area contributed by atoms with E-state index in [0.717, 1.165) is 70.3 Å². The van der Waals surface area contributed by atoms with Crippen LogP contribution in [0.1, 0.15) is 61.6 Å². The second kappa shape index (κ2) is 10.8. The lowest BCUT2D eigenvalue weighted by Crippen LogP contribution is -2.40. The second-order valence-electron chi connectivity index (χ2n) is 9.51. The molecule has 0 bridgehead atoms. The highest BCUT2D eigenvalue weighted by Gasteiger charge is 2.26. The predicted octanol–water partition coefficient (Wildman–Crippen LogP) is 4.83. The lowest BCUT2D eigenvalue weighted by atomic mass is 9.89. The summed E-state index contributed by atoms with van der Waals surface area (Å²) in [5.41, 5.74) is 3.71. The summed E-state index contributed by atoms with van der Waals surface area (Å²) in [6.07, 6.45) is 6.96. The molecule has 4 rings (SSSR count). The van der Waals surface area contributed by atoms with Gasteiger partial charge in [-0.15, -0.1) is 0 Å². The van der Waals surface area contributed by atoms with Gasteiger partial charge in [0.2, 0.25) is 11.8 Å². The molecule has 2 aliphatic rings. The number of amides is 2. The first-order chi connectivity index (χ1) is 15.6. The zero-order valence-corrected chi connectivity index (χ0v) is 19.3. The van der Waals surface area contributed by atoms with Gasteiger partial charge in [0.05, 0.1) is 5.92 Å². The normalized spacial score (nSPS) is 18.0. The molecule has 0 aromatic heterocycles. The average molecular weight is 433 g/mol. The molecule has 0 radical (unpaired) electrons. The van der Waals surface area contributed by atoms with Crippen molar-refractivity contribution in [2.75, 3.05) is 26.2 Å². The minimum atomic E-state index is -0.0716. The molecule has 0 spiro atoms. The van der Waals surface area contributed by atoms with E-state index >= 15 is 0 Å². The van der Waals surface area contributed by atoms with Crippen molar-refractivity contribution in [2.45, 2.75) is 57.8 Å². The maximum Gasteiger partial charge on any atom is 0.229 e. The van der Waals surface area contributed by atoms with Crippen molar-refractivity contribution in [3.05, 3.63) is 71.3 Å². The van der Waals surface area contributed by atoms with Crippen LogP contribution in [-0.4, -0.2) is 47.8 Å². The largest absolute Gasteiger partial charge is 0.343 e. The first kappa shape index (κ1) is 22.6. The fourth-order valence-electron chi connectivity index (χ4n) is 5.07. The number of hydrogen-bond acceptors (Lipinski definition) is 2. The molecule has 2 fully saturated rings. The van der Waals surface area contributed by atoms with Crippen LogP contribution >= 0.6 is 0 Å².